The predicted molar refractivity (Wildman–Crippen MR) is 80.7 cm³/mol. The fourth-order valence-corrected chi connectivity index (χ4v) is 2.29. The third kappa shape index (κ3) is 4.49. The number of hydrogen-bond donors (Lipinski definition) is 1. The topological polar surface area (TPSA) is 64.1 Å². The lowest BCUT2D eigenvalue weighted by atomic mass is 10.1. The molecule has 0 atom stereocenters. The standard InChI is InChI=1S/C14H23ClN2O3/c1-9(2)8-20-7-5-6-17-13(18)11(10(3)4)12(15)16-14(17)19/h9-10H,5-8H2,1-4H3,(H,16,19). The van der Waals surface area contributed by atoms with Crippen LogP contribution in [-0.2, 0) is 11.3 Å². The highest BCUT2D eigenvalue weighted by atomic mass is 35.5. The first kappa shape index (κ1) is 17.0. The smallest absolute Gasteiger partial charge is 0.329 e. The molecule has 6 heteroatoms. The van der Waals surface area contributed by atoms with Crippen molar-refractivity contribution in [2.24, 2.45) is 5.92 Å². The molecule has 0 spiro atoms. The first-order valence-electron chi connectivity index (χ1n) is 6.94. The number of halogens is 1. The Balaban J connectivity index is 2.78. The molecule has 0 unspecified atom stereocenters. The molecule has 20 heavy (non-hydrogen) atoms. The molecule has 1 rings (SSSR count). The van der Waals surface area contributed by atoms with Crippen LogP contribution in [0.15, 0.2) is 9.59 Å². The van der Waals surface area contributed by atoms with Crippen molar-refractivity contribution in [1.29, 1.82) is 0 Å². The minimum absolute atomic E-state index is 0.0321. The van der Waals surface area contributed by atoms with Crippen molar-refractivity contribution in [2.75, 3.05) is 13.2 Å². The van der Waals surface area contributed by atoms with Crippen molar-refractivity contribution in [3.8, 4) is 0 Å². The van der Waals surface area contributed by atoms with Crippen molar-refractivity contribution in [2.45, 2.75) is 46.6 Å². The summed E-state index contributed by atoms with van der Waals surface area (Å²) < 4.78 is 6.64. The Hall–Kier alpha value is -1.07. The van der Waals surface area contributed by atoms with Crippen LogP contribution in [0.4, 0.5) is 0 Å². The highest BCUT2D eigenvalue weighted by Crippen LogP contribution is 2.16. The molecule has 0 radical (unpaired) electrons. The summed E-state index contributed by atoms with van der Waals surface area (Å²) in [6.07, 6.45) is 0.620. The van der Waals surface area contributed by atoms with Gasteiger partial charge in [-0.3, -0.25) is 14.3 Å². The summed E-state index contributed by atoms with van der Waals surface area (Å²) >= 11 is 5.93. The molecule has 1 heterocycles. The maximum absolute atomic E-state index is 12.2. The van der Waals surface area contributed by atoms with Gasteiger partial charge in [0, 0.05) is 19.8 Å². The van der Waals surface area contributed by atoms with Crippen LogP contribution in [0.5, 0.6) is 0 Å². The van der Waals surface area contributed by atoms with Gasteiger partial charge >= 0.3 is 5.69 Å². The van der Waals surface area contributed by atoms with Crippen LogP contribution >= 0.6 is 11.6 Å². The van der Waals surface area contributed by atoms with Crippen LogP contribution < -0.4 is 11.2 Å². The average Bonchev–Trinajstić information content (AvgIpc) is 2.30. The Labute approximate surface area is 123 Å². The number of nitrogens with one attached hydrogen (secondary N) is 1. The van der Waals surface area contributed by atoms with Crippen molar-refractivity contribution in [3.05, 3.63) is 31.6 Å². The SMILES string of the molecule is CC(C)COCCCn1c(=O)[nH]c(Cl)c(C(C)C)c1=O. The van der Waals surface area contributed by atoms with Gasteiger partial charge in [0.2, 0.25) is 0 Å². The van der Waals surface area contributed by atoms with Crippen molar-refractivity contribution >= 4 is 11.6 Å². The maximum atomic E-state index is 12.2. The summed E-state index contributed by atoms with van der Waals surface area (Å²) in [5, 5.41) is 0.141. The summed E-state index contributed by atoms with van der Waals surface area (Å²) in [7, 11) is 0. The second-order valence-electron chi connectivity index (χ2n) is 5.59. The number of aromatic nitrogens is 2. The molecule has 0 aliphatic carbocycles. The zero-order chi connectivity index (χ0) is 15.3. The van der Waals surface area contributed by atoms with Gasteiger partial charge in [0.25, 0.3) is 5.56 Å². The van der Waals surface area contributed by atoms with Gasteiger partial charge < -0.3 is 4.74 Å². The lowest BCUT2D eigenvalue weighted by Gasteiger charge is -2.11. The second kappa shape index (κ2) is 7.64. The summed E-state index contributed by atoms with van der Waals surface area (Å²) in [5.74, 6) is 0.444. The van der Waals surface area contributed by atoms with E-state index in [1.54, 1.807) is 0 Å². The summed E-state index contributed by atoms with van der Waals surface area (Å²) in [6.45, 7) is 9.44. The summed E-state index contributed by atoms with van der Waals surface area (Å²) in [6, 6.07) is 0. The van der Waals surface area contributed by atoms with Gasteiger partial charge in [-0.15, -0.1) is 0 Å². The Bertz CT molecular complexity index is 546. The van der Waals surface area contributed by atoms with Crippen LogP contribution in [0.1, 0.15) is 45.6 Å². The van der Waals surface area contributed by atoms with E-state index < -0.39 is 5.69 Å². The van der Waals surface area contributed by atoms with Gasteiger partial charge in [0.05, 0.1) is 5.56 Å². The largest absolute Gasteiger partial charge is 0.381 e. The van der Waals surface area contributed by atoms with Gasteiger partial charge in [-0.25, -0.2) is 4.79 Å². The molecule has 0 amide bonds. The van der Waals surface area contributed by atoms with E-state index in [1.165, 1.54) is 4.57 Å². The van der Waals surface area contributed by atoms with Crippen molar-refractivity contribution in [3.63, 3.8) is 0 Å². The molecular weight excluding hydrogens is 280 g/mol. The van der Waals surface area contributed by atoms with E-state index in [4.69, 9.17) is 16.3 Å². The summed E-state index contributed by atoms with van der Waals surface area (Å²) in [5.41, 5.74) is -0.319. The Morgan fingerprint density at radius 1 is 1.25 bits per heavy atom. The number of aromatic amines is 1. The lowest BCUT2D eigenvalue weighted by Crippen LogP contribution is -2.38. The molecule has 5 nitrogen and oxygen atoms in total. The van der Waals surface area contributed by atoms with Gasteiger partial charge in [0.1, 0.15) is 5.15 Å². The van der Waals surface area contributed by atoms with E-state index in [0.717, 1.165) is 0 Å². The number of ether oxygens (including phenoxy) is 1. The van der Waals surface area contributed by atoms with E-state index in [-0.39, 0.29) is 16.6 Å². The fraction of sp³-hybridized carbons (Fsp3) is 0.714. The van der Waals surface area contributed by atoms with E-state index in [1.807, 2.05) is 13.8 Å². The van der Waals surface area contributed by atoms with Crippen LogP contribution in [0, 0.1) is 5.92 Å². The molecule has 0 saturated carbocycles. The second-order valence-corrected chi connectivity index (χ2v) is 5.97. The highest BCUT2D eigenvalue weighted by molar-refractivity contribution is 6.30. The molecule has 1 N–H and O–H groups in total. The van der Waals surface area contributed by atoms with Gasteiger partial charge in [-0.1, -0.05) is 39.3 Å². The molecular formula is C14H23ClN2O3. The Kier molecular flexibility index (Phi) is 6.49. The molecule has 1 aromatic heterocycles. The lowest BCUT2D eigenvalue weighted by molar-refractivity contribution is 0.105. The number of rotatable bonds is 7. The van der Waals surface area contributed by atoms with Crippen LogP contribution in [0.2, 0.25) is 5.15 Å². The normalized spacial score (nSPS) is 11.6. The molecule has 0 bridgehead atoms. The predicted octanol–water partition coefficient (Wildman–Crippen LogP) is 2.38. The molecule has 0 aliphatic heterocycles. The molecule has 0 fully saturated rings. The third-order valence-corrected chi connectivity index (χ3v) is 3.17. The molecule has 0 saturated heterocycles. The van der Waals surface area contributed by atoms with Gasteiger partial charge in [0.15, 0.2) is 0 Å². The van der Waals surface area contributed by atoms with Crippen molar-refractivity contribution in [1.82, 2.24) is 9.55 Å². The quantitative estimate of drug-likeness (QED) is 0.621. The van der Waals surface area contributed by atoms with Crippen molar-refractivity contribution < 1.29 is 4.74 Å². The van der Waals surface area contributed by atoms with E-state index in [9.17, 15) is 9.59 Å². The third-order valence-electron chi connectivity index (χ3n) is 2.87. The minimum Gasteiger partial charge on any atom is -0.381 e. The Morgan fingerprint density at radius 3 is 2.45 bits per heavy atom. The first-order valence-corrected chi connectivity index (χ1v) is 7.32. The molecule has 1 aromatic rings. The maximum Gasteiger partial charge on any atom is 0.329 e. The van der Waals surface area contributed by atoms with E-state index in [2.05, 4.69) is 18.8 Å². The molecule has 0 aliphatic rings. The first-order chi connectivity index (χ1) is 9.34. The Morgan fingerprint density at radius 2 is 1.90 bits per heavy atom. The van der Waals surface area contributed by atoms with Gasteiger partial charge in [-0.2, -0.15) is 0 Å². The number of H-pyrrole nitrogens is 1. The minimum atomic E-state index is -0.465. The molecule has 0 aromatic carbocycles. The van der Waals surface area contributed by atoms with Crippen LogP contribution in [-0.4, -0.2) is 22.8 Å². The monoisotopic (exact) mass is 302 g/mol. The zero-order valence-corrected chi connectivity index (χ0v) is 13.3. The highest BCUT2D eigenvalue weighted by Gasteiger charge is 2.15. The van der Waals surface area contributed by atoms with E-state index in [0.29, 0.717) is 37.7 Å². The van der Waals surface area contributed by atoms with Crippen LogP contribution in [0.25, 0.3) is 0 Å². The fourth-order valence-electron chi connectivity index (χ4n) is 1.91. The number of hydrogen-bond acceptors (Lipinski definition) is 3. The number of nitrogens with zero attached hydrogens (tertiary/aromatic N) is 1. The molecule has 114 valence electrons. The van der Waals surface area contributed by atoms with Crippen LogP contribution in [0.3, 0.4) is 0 Å². The zero-order valence-electron chi connectivity index (χ0n) is 12.5. The van der Waals surface area contributed by atoms with E-state index >= 15 is 0 Å². The summed E-state index contributed by atoms with van der Waals surface area (Å²) in [4.78, 5) is 26.6. The van der Waals surface area contributed by atoms with Gasteiger partial charge in [-0.05, 0) is 18.3 Å². The average molecular weight is 303 g/mol.